The molecule has 0 spiro atoms. The summed E-state index contributed by atoms with van der Waals surface area (Å²) in [6.45, 7) is 0. The summed E-state index contributed by atoms with van der Waals surface area (Å²) in [5.74, 6) is 0. The zero-order valence-corrected chi connectivity index (χ0v) is 15.4. The molecule has 2 aromatic rings. The average molecular weight is 381 g/mol. The van der Waals surface area contributed by atoms with E-state index in [-0.39, 0.29) is 85.5 Å². The molecule has 0 aliphatic rings. The van der Waals surface area contributed by atoms with Gasteiger partial charge in [-0.15, -0.1) is 0 Å². The van der Waals surface area contributed by atoms with Gasteiger partial charge in [0.25, 0.3) is 0 Å². The molecule has 2 aromatic carbocycles. The standard InChI is InChI=1S/2C6H5.2BrH.2Mg.H2O/c2*1-2-4-6-5-3-1;;;;;/h2*1-5H;2*1H;;;1H2/q2*-1;;;2*+2;/p-2. The Hall–Kier alpha value is 0.892. The fourth-order valence-electron chi connectivity index (χ4n) is 0.684. The molecule has 0 amide bonds. The second kappa shape index (κ2) is 25.7. The van der Waals surface area contributed by atoms with Gasteiger partial charge in [-0.2, -0.15) is 72.8 Å². The van der Waals surface area contributed by atoms with Gasteiger partial charge in [-0.3, -0.25) is 0 Å². The van der Waals surface area contributed by atoms with E-state index >= 15 is 0 Å². The first-order valence-electron chi connectivity index (χ1n) is 3.82. The SMILES string of the molecule is O.[Br-].[Br-].[Mg+2].[Mg+2].[c-]1ccccc1.[c-]1ccccc1. The van der Waals surface area contributed by atoms with E-state index in [0.717, 1.165) is 0 Å². The van der Waals surface area contributed by atoms with Crippen molar-refractivity contribution < 1.29 is 39.4 Å². The molecule has 2 rings (SSSR count). The van der Waals surface area contributed by atoms with Gasteiger partial charge in [0.1, 0.15) is 0 Å². The topological polar surface area (TPSA) is 31.5 Å². The average Bonchev–Trinajstić information content (AvgIpc) is 2.24. The molecule has 2 N–H and O–H groups in total. The van der Waals surface area contributed by atoms with Gasteiger partial charge in [-0.25, -0.2) is 0 Å². The minimum absolute atomic E-state index is 0. The predicted molar refractivity (Wildman–Crippen MR) is 65.7 cm³/mol. The molecular weight excluding hydrogens is 369 g/mol. The van der Waals surface area contributed by atoms with E-state index in [1.807, 2.05) is 60.7 Å². The van der Waals surface area contributed by atoms with E-state index in [0.29, 0.717) is 0 Å². The van der Waals surface area contributed by atoms with Crippen molar-refractivity contribution in [3.8, 4) is 0 Å². The summed E-state index contributed by atoms with van der Waals surface area (Å²) in [5, 5.41) is 0. The second-order valence-corrected chi connectivity index (χ2v) is 2.15. The van der Waals surface area contributed by atoms with E-state index in [9.17, 15) is 0 Å². The number of halogens is 2. The van der Waals surface area contributed by atoms with Crippen LogP contribution in [0.3, 0.4) is 0 Å². The van der Waals surface area contributed by atoms with Crippen LogP contribution < -0.4 is 34.0 Å². The third-order valence-corrected chi connectivity index (χ3v) is 1.21. The second-order valence-electron chi connectivity index (χ2n) is 2.15. The van der Waals surface area contributed by atoms with Crippen LogP contribution in [0.5, 0.6) is 0 Å². The molecule has 0 saturated carbocycles. The monoisotopic (exact) mass is 378 g/mol. The maximum atomic E-state index is 2.89. The molecule has 5 heteroatoms. The molecule has 0 aliphatic heterocycles. The van der Waals surface area contributed by atoms with Crippen molar-refractivity contribution in [2.75, 3.05) is 0 Å². The quantitative estimate of drug-likeness (QED) is 0.325. The van der Waals surface area contributed by atoms with E-state index in [4.69, 9.17) is 0 Å². The van der Waals surface area contributed by atoms with Crippen molar-refractivity contribution in [1.29, 1.82) is 0 Å². The zero-order chi connectivity index (χ0) is 8.49. The van der Waals surface area contributed by atoms with Crippen LogP contribution in [0.15, 0.2) is 60.7 Å². The smallest absolute Gasteiger partial charge is 1.00 e. The van der Waals surface area contributed by atoms with Crippen LogP contribution in [0.25, 0.3) is 0 Å². The third-order valence-electron chi connectivity index (χ3n) is 1.21. The van der Waals surface area contributed by atoms with Crippen LogP contribution in [0.4, 0.5) is 0 Å². The largest absolute Gasteiger partial charge is 2.00 e. The first-order chi connectivity index (χ1) is 6.00. The molecular formula is C12H12Br2Mg2O. The van der Waals surface area contributed by atoms with Gasteiger partial charge in [-0.05, 0) is 0 Å². The summed E-state index contributed by atoms with van der Waals surface area (Å²) in [4.78, 5) is 0. The summed E-state index contributed by atoms with van der Waals surface area (Å²) >= 11 is 0. The van der Waals surface area contributed by atoms with Crippen LogP contribution in [0, 0.1) is 12.1 Å². The van der Waals surface area contributed by atoms with Crippen molar-refractivity contribution in [1.82, 2.24) is 0 Å². The summed E-state index contributed by atoms with van der Waals surface area (Å²) in [5.41, 5.74) is 0. The molecule has 0 aromatic heterocycles. The Labute approximate surface area is 157 Å². The first kappa shape index (κ1) is 30.7. The van der Waals surface area contributed by atoms with Crippen molar-refractivity contribution in [2.45, 2.75) is 0 Å². The van der Waals surface area contributed by atoms with Gasteiger partial charge in [0.05, 0.1) is 0 Å². The number of hydrogen-bond donors (Lipinski definition) is 0. The van der Waals surface area contributed by atoms with Crippen LogP contribution >= 0.6 is 0 Å². The van der Waals surface area contributed by atoms with Crippen molar-refractivity contribution in [3.05, 3.63) is 72.8 Å². The van der Waals surface area contributed by atoms with Crippen LogP contribution in [-0.2, 0) is 0 Å². The van der Waals surface area contributed by atoms with E-state index in [1.165, 1.54) is 0 Å². The Kier molecular flexibility index (Phi) is 46.4. The van der Waals surface area contributed by atoms with Crippen molar-refractivity contribution in [2.24, 2.45) is 0 Å². The molecule has 0 atom stereocenters. The molecule has 1 nitrogen and oxygen atoms in total. The maximum Gasteiger partial charge on any atom is 2.00 e. The Balaban J connectivity index is -0.0000000436. The first-order valence-corrected chi connectivity index (χ1v) is 3.82. The molecule has 0 unspecified atom stereocenters. The van der Waals surface area contributed by atoms with Gasteiger partial charge < -0.3 is 39.4 Å². The third kappa shape index (κ3) is 22.5. The summed E-state index contributed by atoms with van der Waals surface area (Å²) < 4.78 is 0. The fourth-order valence-corrected chi connectivity index (χ4v) is 0.684. The zero-order valence-electron chi connectivity index (χ0n) is 9.44. The molecule has 17 heavy (non-hydrogen) atoms. The molecule has 84 valence electrons. The van der Waals surface area contributed by atoms with Crippen LogP contribution in [-0.4, -0.2) is 51.6 Å². The van der Waals surface area contributed by atoms with Gasteiger partial charge >= 0.3 is 46.1 Å². The number of rotatable bonds is 0. The van der Waals surface area contributed by atoms with E-state index in [2.05, 4.69) is 12.1 Å². The molecule has 0 fully saturated rings. The predicted octanol–water partition coefficient (Wildman–Crippen LogP) is -4.60. The van der Waals surface area contributed by atoms with Gasteiger partial charge in [-0.1, -0.05) is 0 Å². The Morgan fingerprint density at radius 2 is 0.706 bits per heavy atom. The molecule has 0 aliphatic carbocycles. The van der Waals surface area contributed by atoms with Crippen LogP contribution in [0.1, 0.15) is 0 Å². The fraction of sp³-hybridized carbons (Fsp3) is 0. The molecule has 0 radical (unpaired) electrons. The van der Waals surface area contributed by atoms with Crippen molar-refractivity contribution in [3.63, 3.8) is 0 Å². The summed E-state index contributed by atoms with van der Waals surface area (Å²) in [6.07, 6.45) is 0. The summed E-state index contributed by atoms with van der Waals surface area (Å²) in [7, 11) is 0. The van der Waals surface area contributed by atoms with E-state index < -0.39 is 0 Å². The number of hydrogen-bond acceptors (Lipinski definition) is 0. The van der Waals surface area contributed by atoms with Gasteiger partial charge in [0.15, 0.2) is 0 Å². The number of benzene rings is 2. The van der Waals surface area contributed by atoms with Crippen molar-refractivity contribution >= 4 is 46.1 Å². The maximum absolute atomic E-state index is 2.89. The van der Waals surface area contributed by atoms with Crippen LogP contribution in [0.2, 0.25) is 0 Å². The normalized spacial score (nSPS) is 5.65. The molecule has 0 bridgehead atoms. The Morgan fingerprint density at radius 1 is 0.471 bits per heavy atom. The summed E-state index contributed by atoms with van der Waals surface area (Å²) in [6, 6.07) is 25.0. The van der Waals surface area contributed by atoms with Gasteiger partial charge in [0.2, 0.25) is 0 Å². The molecule has 0 heterocycles. The minimum Gasteiger partial charge on any atom is -1.00 e. The van der Waals surface area contributed by atoms with Gasteiger partial charge in [0, 0.05) is 0 Å². The Morgan fingerprint density at radius 3 is 0.765 bits per heavy atom. The minimum atomic E-state index is 0. The van der Waals surface area contributed by atoms with E-state index in [1.54, 1.807) is 0 Å². The Bertz CT molecular complexity index is 198. The molecule has 0 saturated heterocycles.